The van der Waals surface area contributed by atoms with Gasteiger partial charge in [0.25, 0.3) is 0 Å². The highest BCUT2D eigenvalue weighted by atomic mass is 15.6. The third-order valence-electron chi connectivity index (χ3n) is 3.75. The molecule has 2 aliphatic heterocycles. The van der Waals surface area contributed by atoms with E-state index in [-0.39, 0.29) is 5.66 Å². The highest BCUT2D eigenvalue weighted by Gasteiger charge is 2.41. The van der Waals surface area contributed by atoms with Gasteiger partial charge in [-0.1, -0.05) is 25.1 Å². The Labute approximate surface area is 96.6 Å². The molecule has 0 aromatic heterocycles. The van der Waals surface area contributed by atoms with E-state index < -0.39 is 0 Å². The average Bonchev–Trinajstić information content (AvgIpc) is 2.53. The average molecular weight is 217 g/mol. The first kappa shape index (κ1) is 10.1. The predicted molar refractivity (Wildman–Crippen MR) is 66.1 cm³/mol. The summed E-state index contributed by atoms with van der Waals surface area (Å²) in [6.07, 6.45) is 2.21. The van der Waals surface area contributed by atoms with Crippen molar-refractivity contribution in [3.63, 3.8) is 0 Å². The minimum atomic E-state index is -0.262. The summed E-state index contributed by atoms with van der Waals surface area (Å²) in [5, 5.41) is 2.27. The molecule has 3 rings (SSSR count). The Morgan fingerprint density at radius 3 is 3.00 bits per heavy atom. The SMILES string of the molecule is C[C@H]1CC2CC(C)(N)NN2c2ccccc21. The van der Waals surface area contributed by atoms with Gasteiger partial charge >= 0.3 is 0 Å². The van der Waals surface area contributed by atoms with Crippen LogP contribution < -0.4 is 16.2 Å². The third kappa shape index (κ3) is 1.43. The van der Waals surface area contributed by atoms with Gasteiger partial charge in [-0.25, -0.2) is 5.43 Å². The standard InChI is InChI=1S/C13H19N3/c1-9-7-10-8-13(2,14)15-16(10)12-6-4-3-5-11(9)12/h3-6,9-10,15H,7-8,14H2,1-2H3/t9-,10?,13?/m0/s1. The number of benzene rings is 1. The van der Waals surface area contributed by atoms with Crippen molar-refractivity contribution in [1.29, 1.82) is 0 Å². The largest absolute Gasteiger partial charge is 0.312 e. The molecule has 0 bridgehead atoms. The molecule has 16 heavy (non-hydrogen) atoms. The fourth-order valence-electron chi connectivity index (χ4n) is 3.10. The van der Waals surface area contributed by atoms with E-state index in [1.165, 1.54) is 17.7 Å². The minimum absolute atomic E-state index is 0.262. The maximum absolute atomic E-state index is 6.19. The Hall–Kier alpha value is -1.06. The van der Waals surface area contributed by atoms with Crippen LogP contribution in [-0.4, -0.2) is 11.7 Å². The van der Waals surface area contributed by atoms with E-state index in [9.17, 15) is 0 Å². The lowest BCUT2D eigenvalue weighted by Gasteiger charge is -2.36. The van der Waals surface area contributed by atoms with E-state index in [1.807, 2.05) is 0 Å². The second kappa shape index (κ2) is 3.22. The van der Waals surface area contributed by atoms with Crippen molar-refractivity contribution in [3.8, 4) is 0 Å². The summed E-state index contributed by atoms with van der Waals surface area (Å²) in [4.78, 5) is 0. The Morgan fingerprint density at radius 2 is 2.19 bits per heavy atom. The summed E-state index contributed by atoms with van der Waals surface area (Å²) in [5.74, 6) is 0.633. The maximum atomic E-state index is 6.19. The lowest BCUT2D eigenvalue weighted by molar-refractivity contribution is 0.422. The molecular weight excluding hydrogens is 198 g/mol. The van der Waals surface area contributed by atoms with Crippen LogP contribution in [0.3, 0.4) is 0 Å². The van der Waals surface area contributed by atoms with Crippen LogP contribution in [0, 0.1) is 0 Å². The van der Waals surface area contributed by atoms with Gasteiger partial charge in [0.1, 0.15) is 0 Å². The minimum Gasteiger partial charge on any atom is -0.312 e. The van der Waals surface area contributed by atoms with Crippen LogP contribution in [0.1, 0.15) is 38.2 Å². The monoisotopic (exact) mass is 217 g/mol. The van der Waals surface area contributed by atoms with E-state index >= 15 is 0 Å². The van der Waals surface area contributed by atoms with Gasteiger partial charge in [0.15, 0.2) is 0 Å². The number of hydrazine groups is 1. The predicted octanol–water partition coefficient (Wildman–Crippen LogP) is 1.95. The molecule has 1 aromatic carbocycles. The highest BCUT2D eigenvalue weighted by molar-refractivity contribution is 5.58. The molecular formula is C13H19N3. The Morgan fingerprint density at radius 1 is 1.44 bits per heavy atom. The quantitative estimate of drug-likeness (QED) is 0.698. The number of hydrogen-bond acceptors (Lipinski definition) is 3. The maximum Gasteiger partial charge on any atom is 0.0830 e. The number of rotatable bonds is 0. The number of nitrogens with zero attached hydrogens (tertiary/aromatic N) is 1. The first-order valence-corrected chi connectivity index (χ1v) is 6.02. The Kier molecular flexibility index (Phi) is 2.03. The second-order valence-electron chi connectivity index (χ2n) is 5.45. The zero-order valence-electron chi connectivity index (χ0n) is 9.90. The topological polar surface area (TPSA) is 41.3 Å². The number of anilines is 1. The summed E-state index contributed by atoms with van der Waals surface area (Å²) in [6.45, 7) is 4.38. The number of hydrogen-bond donors (Lipinski definition) is 2. The molecule has 86 valence electrons. The summed E-state index contributed by atoms with van der Waals surface area (Å²) in [5.41, 5.74) is 12.1. The molecule has 0 amide bonds. The molecule has 2 unspecified atom stereocenters. The smallest absolute Gasteiger partial charge is 0.0830 e. The van der Waals surface area contributed by atoms with Crippen LogP contribution in [0.4, 0.5) is 5.69 Å². The van der Waals surface area contributed by atoms with Crippen molar-refractivity contribution in [2.45, 2.75) is 44.3 Å². The van der Waals surface area contributed by atoms with Gasteiger partial charge in [0.05, 0.1) is 11.4 Å². The van der Waals surface area contributed by atoms with Crippen LogP contribution in [0.25, 0.3) is 0 Å². The molecule has 2 heterocycles. The molecule has 0 spiro atoms. The van der Waals surface area contributed by atoms with Gasteiger partial charge in [-0.3, -0.25) is 0 Å². The van der Waals surface area contributed by atoms with Crippen LogP contribution in [-0.2, 0) is 0 Å². The van der Waals surface area contributed by atoms with Crippen molar-refractivity contribution < 1.29 is 0 Å². The lowest BCUT2D eigenvalue weighted by Crippen LogP contribution is -2.51. The Balaban J connectivity index is 2.04. The lowest BCUT2D eigenvalue weighted by atomic mass is 9.86. The third-order valence-corrected chi connectivity index (χ3v) is 3.75. The first-order valence-electron chi connectivity index (χ1n) is 6.02. The highest BCUT2D eigenvalue weighted by Crippen LogP contribution is 2.41. The number of nitrogens with two attached hydrogens (primary N) is 1. The van der Waals surface area contributed by atoms with Crippen molar-refractivity contribution in [2.24, 2.45) is 5.73 Å². The molecule has 2 aliphatic rings. The summed E-state index contributed by atoms with van der Waals surface area (Å²) < 4.78 is 0. The normalized spacial score (nSPS) is 37.1. The molecule has 1 aromatic rings. The molecule has 0 radical (unpaired) electrons. The van der Waals surface area contributed by atoms with Crippen molar-refractivity contribution >= 4 is 5.69 Å². The van der Waals surface area contributed by atoms with Crippen LogP contribution in [0.2, 0.25) is 0 Å². The molecule has 1 fully saturated rings. The van der Waals surface area contributed by atoms with Gasteiger partial charge in [-0.05, 0) is 30.9 Å². The fourth-order valence-corrected chi connectivity index (χ4v) is 3.10. The summed E-state index contributed by atoms with van der Waals surface area (Å²) >= 11 is 0. The summed E-state index contributed by atoms with van der Waals surface area (Å²) in [7, 11) is 0. The van der Waals surface area contributed by atoms with Crippen LogP contribution in [0.5, 0.6) is 0 Å². The van der Waals surface area contributed by atoms with Gasteiger partial charge in [0.2, 0.25) is 0 Å². The van der Waals surface area contributed by atoms with Crippen LogP contribution in [0.15, 0.2) is 24.3 Å². The van der Waals surface area contributed by atoms with Gasteiger partial charge < -0.3 is 10.7 Å². The van der Waals surface area contributed by atoms with Crippen molar-refractivity contribution in [1.82, 2.24) is 5.43 Å². The zero-order chi connectivity index (χ0) is 11.3. The molecule has 0 saturated carbocycles. The molecule has 3 atom stereocenters. The van der Waals surface area contributed by atoms with E-state index in [0.717, 1.165) is 6.42 Å². The number of nitrogens with one attached hydrogen (secondary N) is 1. The van der Waals surface area contributed by atoms with Crippen molar-refractivity contribution in [3.05, 3.63) is 29.8 Å². The van der Waals surface area contributed by atoms with E-state index in [0.29, 0.717) is 12.0 Å². The summed E-state index contributed by atoms with van der Waals surface area (Å²) in [6, 6.07) is 9.17. The van der Waals surface area contributed by atoms with Crippen molar-refractivity contribution in [2.75, 3.05) is 5.01 Å². The van der Waals surface area contributed by atoms with E-state index in [1.54, 1.807) is 0 Å². The molecule has 3 N–H and O–H groups in total. The number of fused-ring (bicyclic) bond motifs is 3. The molecule has 0 aliphatic carbocycles. The van der Waals surface area contributed by atoms with E-state index in [2.05, 4.69) is 48.5 Å². The van der Waals surface area contributed by atoms with Gasteiger partial charge in [0, 0.05) is 12.5 Å². The second-order valence-corrected chi connectivity index (χ2v) is 5.45. The molecule has 3 heteroatoms. The zero-order valence-corrected chi connectivity index (χ0v) is 9.90. The molecule has 1 saturated heterocycles. The van der Waals surface area contributed by atoms with Gasteiger partial charge in [-0.2, -0.15) is 0 Å². The number of para-hydroxylation sites is 1. The first-order chi connectivity index (χ1) is 7.57. The Bertz CT molecular complexity index is 413. The van der Waals surface area contributed by atoms with Gasteiger partial charge in [-0.15, -0.1) is 0 Å². The fraction of sp³-hybridized carbons (Fsp3) is 0.538. The molecule has 3 nitrogen and oxygen atoms in total. The van der Waals surface area contributed by atoms with E-state index in [4.69, 9.17) is 5.73 Å². The van der Waals surface area contributed by atoms with Crippen LogP contribution >= 0.6 is 0 Å².